The van der Waals surface area contributed by atoms with Gasteiger partial charge in [0.2, 0.25) is 0 Å². The third kappa shape index (κ3) is 10.5. The van der Waals surface area contributed by atoms with E-state index < -0.39 is 5.24 Å². The van der Waals surface area contributed by atoms with Gasteiger partial charge in [0.15, 0.2) is 0 Å². The van der Waals surface area contributed by atoms with Gasteiger partial charge < -0.3 is 4.79 Å². The molecule has 2 aromatic rings. The molecule has 0 aromatic heterocycles. The Morgan fingerprint density at radius 3 is 1.71 bits per heavy atom. The molecule has 0 aliphatic rings. The number of nitrogens with two attached hydrogens (primary N) is 1. The van der Waals surface area contributed by atoms with Gasteiger partial charge in [-0.15, -0.1) is 0 Å². The molecule has 0 aliphatic heterocycles. The number of rotatable bonds is 2. The molecule has 128 valence electrons. The molecule has 0 bridgehead atoms. The topological polar surface area (TPSA) is 89.3 Å². The zero-order valence-corrected chi connectivity index (χ0v) is 14.8. The number of hydrogen-bond acceptors (Lipinski definition) is 4. The second kappa shape index (κ2) is 12.2. The maximum Gasteiger partial charge on any atom is 0.265 e. The van der Waals surface area contributed by atoms with Gasteiger partial charge in [0, 0.05) is 16.1 Å². The van der Waals surface area contributed by atoms with Gasteiger partial charge in [0.05, 0.1) is 0 Å². The molecule has 0 fully saturated rings. The van der Waals surface area contributed by atoms with Gasteiger partial charge in [-0.05, 0) is 61.8 Å². The van der Waals surface area contributed by atoms with Crippen molar-refractivity contribution in [3.05, 3.63) is 70.7 Å². The molecular weight excluding hydrogens is 351 g/mol. The number of Topliss-reactive ketones (excluding diaryl/α,β-unsaturated/α-hetero) is 1. The molecule has 0 heterocycles. The molecule has 2 rings (SSSR count). The summed E-state index contributed by atoms with van der Waals surface area (Å²) in [6, 6.07) is 15.2. The SMILES string of the molecule is CC(C)=O.NNC(=O)c1ccccc1.O=C(Cl)c1ccc(Cl)cc1. The van der Waals surface area contributed by atoms with Crippen molar-refractivity contribution in [1.82, 2.24) is 5.43 Å². The summed E-state index contributed by atoms with van der Waals surface area (Å²) in [6.45, 7) is 3.06. The minimum Gasteiger partial charge on any atom is -0.300 e. The van der Waals surface area contributed by atoms with Gasteiger partial charge in [-0.1, -0.05) is 29.8 Å². The predicted octanol–water partition coefficient (Wildman–Crippen LogP) is 3.60. The van der Waals surface area contributed by atoms with E-state index in [0.717, 1.165) is 0 Å². The van der Waals surface area contributed by atoms with Crippen molar-refractivity contribution in [2.24, 2.45) is 5.84 Å². The number of nitrogen functional groups attached to an aromatic ring is 1. The van der Waals surface area contributed by atoms with Crippen LogP contribution in [0, 0.1) is 0 Å². The first-order chi connectivity index (χ1) is 11.3. The molecule has 1 amide bonds. The summed E-state index contributed by atoms with van der Waals surface area (Å²) in [4.78, 5) is 30.7. The monoisotopic (exact) mass is 368 g/mol. The molecule has 2 aromatic carbocycles. The lowest BCUT2D eigenvalue weighted by atomic mass is 10.2. The van der Waals surface area contributed by atoms with Crippen molar-refractivity contribution in [2.45, 2.75) is 13.8 Å². The number of carbonyl (C=O) groups excluding carboxylic acids is 3. The van der Waals surface area contributed by atoms with E-state index in [1.54, 1.807) is 48.5 Å². The fourth-order valence-electron chi connectivity index (χ4n) is 1.25. The molecule has 5 nitrogen and oxygen atoms in total. The van der Waals surface area contributed by atoms with Crippen LogP contribution in [0.15, 0.2) is 54.6 Å². The predicted molar refractivity (Wildman–Crippen MR) is 96.1 cm³/mol. The summed E-state index contributed by atoms with van der Waals surface area (Å²) in [7, 11) is 0. The van der Waals surface area contributed by atoms with Crippen LogP contribution in [0.2, 0.25) is 5.02 Å². The van der Waals surface area contributed by atoms with Crippen LogP contribution in [-0.2, 0) is 4.79 Å². The Labute approximate surface area is 150 Å². The molecule has 24 heavy (non-hydrogen) atoms. The van der Waals surface area contributed by atoms with Crippen LogP contribution in [0.4, 0.5) is 0 Å². The van der Waals surface area contributed by atoms with E-state index >= 15 is 0 Å². The van der Waals surface area contributed by atoms with Crippen LogP contribution >= 0.6 is 23.2 Å². The number of hydrogen-bond donors (Lipinski definition) is 2. The number of halogens is 2. The van der Waals surface area contributed by atoms with E-state index in [4.69, 9.17) is 29.0 Å². The van der Waals surface area contributed by atoms with Crippen LogP contribution in [0.25, 0.3) is 0 Å². The van der Waals surface area contributed by atoms with Crippen LogP contribution in [0.3, 0.4) is 0 Å². The first-order valence-corrected chi connectivity index (χ1v) is 7.52. The molecule has 0 aliphatic carbocycles. The fraction of sp³-hybridized carbons (Fsp3) is 0.118. The Kier molecular flexibility index (Phi) is 11.1. The Morgan fingerprint density at radius 1 is 0.875 bits per heavy atom. The third-order valence-electron chi connectivity index (χ3n) is 2.24. The second-order valence-corrected chi connectivity index (χ2v) is 5.31. The zero-order chi connectivity index (χ0) is 18.5. The van der Waals surface area contributed by atoms with Crippen molar-refractivity contribution >= 4 is 40.1 Å². The van der Waals surface area contributed by atoms with E-state index in [0.29, 0.717) is 16.1 Å². The minimum absolute atomic E-state index is 0.167. The van der Waals surface area contributed by atoms with E-state index in [1.165, 1.54) is 13.8 Å². The average Bonchev–Trinajstić information content (AvgIpc) is 2.55. The van der Waals surface area contributed by atoms with Crippen LogP contribution in [0.5, 0.6) is 0 Å². The van der Waals surface area contributed by atoms with E-state index in [1.807, 2.05) is 11.5 Å². The summed E-state index contributed by atoms with van der Waals surface area (Å²) in [6.07, 6.45) is 0. The minimum atomic E-state index is -0.461. The summed E-state index contributed by atoms with van der Waals surface area (Å²) in [5.41, 5.74) is 3.08. The highest BCUT2D eigenvalue weighted by molar-refractivity contribution is 6.67. The highest BCUT2D eigenvalue weighted by atomic mass is 35.5. The molecule has 0 atom stereocenters. The molecule has 7 heteroatoms. The van der Waals surface area contributed by atoms with Gasteiger partial charge in [0.25, 0.3) is 11.1 Å². The number of benzene rings is 2. The van der Waals surface area contributed by atoms with Crippen molar-refractivity contribution in [3.8, 4) is 0 Å². The molecular formula is C17H18Cl2N2O3. The molecule has 0 saturated heterocycles. The Bertz CT molecular complexity index is 655. The van der Waals surface area contributed by atoms with E-state index in [-0.39, 0.29) is 11.7 Å². The lowest BCUT2D eigenvalue weighted by molar-refractivity contribution is -0.115. The summed E-state index contributed by atoms with van der Waals surface area (Å²) in [5, 5.41) is 0.137. The van der Waals surface area contributed by atoms with Gasteiger partial charge in [-0.3, -0.25) is 15.0 Å². The number of carbonyl (C=O) groups is 3. The van der Waals surface area contributed by atoms with Gasteiger partial charge in [-0.2, -0.15) is 0 Å². The maximum absolute atomic E-state index is 10.8. The van der Waals surface area contributed by atoms with Crippen LogP contribution < -0.4 is 11.3 Å². The van der Waals surface area contributed by atoms with Crippen LogP contribution in [0.1, 0.15) is 34.6 Å². The third-order valence-corrected chi connectivity index (χ3v) is 2.71. The average molecular weight is 369 g/mol. The number of hydrazine groups is 1. The number of nitrogens with one attached hydrogen (secondary N) is 1. The van der Waals surface area contributed by atoms with Crippen molar-refractivity contribution < 1.29 is 14.4 Å². The standard InChI is InChI=1S/C7H4Cl2O.C7H8N2O.C3H6O/c8-6-3-1-5(2-4-6)7(9)10;8-9-7(10)6-4-2-1-3-5-6;1-3(2)4/h1-4H;1-5H,8H2,(H,9,10);1-2H3. The fourth-order valence-corrected chi connectivity index (χ4v) is 1.51. The quantitative estimate of drug-likeness (QED) is 0.366. The smallest absolute Gasteiger partial charge is 0.265 e. The molecule has 3 N–H and O–H groups in total. The molecule has 0 unspecified atom stereocenters. The van der Waals surface area contributed by atoms with Crippen LogP contribution in [-0.4, -0.2) is 16.9 Å². The van der Waals surface area contributed by atoms with Crippen molar-refractivity contribution in [1.29, 1.82) is 0 Å². The van der Waals surface area contributed by atoms with Gasteiger partial charge in [-0.25, -0.2) is 5.84 Å². The zero-order valence-electron chi connectivity index (χ0n) is 13.3. The maximum atomic E-state index is 10.8. The number of amides is 1. The molecule has 0 radical (unpaired) electrons. The lowest BCUT2D eigenvalue weighted by Gasteiger charge is -1.95. The summed E-state index contributed by atoms with van der Waals surface area (Å²) >= 11 is 10.7. The van der Waals surface area contributed by atoms with Crippen molar-refractivity contribution in [2.75, 3.05) is 0 Å². The summed E-state index contributed by atoms with van der Waals surface area (Å²) in [5.74, 6) is 4.81. The highest BCUT2D eigenvalue weighted by Gasteiger charge is 1.99. The van der Waals surface area contributed by atoms with E-state index in [2.05, 4.69) is 0 Å². The first-order valence-electron chi connectivity index (χ1n) is 6.76. The normalized spacial score (nSPS) is 8.71. The van der Waals surface area contributed by atoms with Gasteiger partial charge >= 0.3 is 0 Å². The first kappa shape index (κ1) is 21.8. The van der Waals surface area contributed by atoms with Crippen molar-refractivity contribution in [3.63, 3.8) is 0 Å². The molecule has 0 spiro atoms. The number of ketones is 1. The lowest BCUT2D eigenvalue weighted by Crippen LogP contribution is -2.29. The molecule has 0 saturated carbocycles. The second-order valence-electron chi connectivity index (χ2n) is 4.53. The Hall–Kier alpha value is -2.21. The van der Waals surface area contributed by atoms with Gasteiger partial charge in [0.1, 0.15) is 5.78 Å². The Morgan fingerprint density at radius 2 is 1.33 bits per heavy atom. The van der Waals surface area contributed by atoms with E-state index in [9.17, 15) is 14.4 Å². The summed E-state index contributed by atoms with van der Waals surface area (Å²) < 4.78 is 0. The Balaban J connectivity index is 0.000000363. The highest BCUT2D eigenvalue weighted by Crippen LogP contribution is 2.10. The largest absolute Gasteiger partial charge is 0.300 e.